The molecule has 0 radical (unpaired) electrons. The average Bonchev–Trinajstić information content (AvgIpc) is 4.13. The number of carbonyl (C=O) groups excluding carboxylic acids is 1. The van der Waals surface area contributed by atoms with Crippen LogP contribution in [-0.4, -0.2) is 80.6 Å². The lowest BCUT2D eigenvalue weighted by Gasteiger charge is -2.29. The highest BCUT2D eigenvalue weighted by Crippen LogP contribution is 2.40. The minimum atomic E-state index is -0.850. The van der Waals surface area contributed by atoms with Crippen LogP contribution < -0.4 is 10.00 Å². The molecular formula is C49H46F3N14OS2+. The zero-order valence-electron chi connectivity index (χ0n) is 38.2. The molecule has 1 N–H and O–H groups in total. The first-order valence-electron chi connectivity index (χ1n) is 22.6. The Morgan fingerprint density at radius 3 is 2.00 bits per heavy atom. The van der Waals surface area contributed by atoms with E-state index in [0.29, 0.717) is 37.6 Å². The molecule has 10 rings (SSSR count). The Balaban J connectivity index is 1.01. The SMILES string of the molecule is CC(=O)N[C@H]1CC[C@@H](n2ncc(-c3cc(Sc4nc(F)ccc4F)c4c(C#N)c[n+](Cc5ccc(F)c(Sc6cc(-c7cnn(C8CCN(C)CC8)c7C)cn7ncc(C#N)c67)n5)n4c3)c2C)CC1. The maximum absolute atomic E-state index is 16.0. The second kappa shape index (κ2) is 18.8. The second-order valence-corrected chi connectivity index (χ2v) is 19.8. The molecule has 8 aromatic heterocycles. The number of carbonyl (C=O) groups is 1. The minimum Gasteiger partial charge on any atom is -0.354 e. The maximum atomic E-state index is 16.0. The lowest BCUT2D eigenvalue weighted by molar-refractivity contribution is -0.753. The van der Waals surface area contributed by atoms with Gasteiger partial charge in [0, 0.05) is 62.6 Å². The molecule has 0 unspecified atom stereocenters. The molecule has 15 nitrogen and oxygen atoms in total. The zero-order valence-corrected chi connectivity index (χ0v) is 39.8. The molecule has 9 heterocycles. The summed E-state index contributed by atoms with van der Waals surface area (Å²) in [7, 11) is 2.12. The molecule has 1 saturated carbocycles. The van der Waals surface area contributed by atoms with Crippen LogP contribution in [0, 0.1) is 54.1 Å². The number of likely N-dealkylation sites (tertiary alicyclic amines) is 1. The summed E-state index contributed by atoms with van der Waals surface area (Å²) in [5, 5.41) is 37.6. The van der Waals surface area contributed by atoms with Gasteiger partial charge in [0.25, 0.3) is 0 Å². The summed E-state index contributed by atoms with van der Waals surface area (Å²) in [4.78, 5) is 23.7. The molecule has 1 amide bonds. The predicted molar refractivity (Wildman–Crippen MR) is 251 cm³/mol. The van der Waals surface area contributed by atoms with Gasteiger partial charge in [0.1, 0.15) is 39.0 Å². The Hall–Kier alpha value is -7.00. The highest BCUT2D eigenvalue weighted by Gasteiger charge is 2.29. The topological polar surface area (TPSA) is 167 Å². The Bertz CT molecular complexity index is 3380. The third-order valence-corrected chi connectivity index (χ3v) is 15.2. The molecule has 1 saturated heterocycles. The van der Waals surface area contributed by atoms with E-state index >= 15 is 8.78 Å². The van der Waals surface area contributed by atoms with Crippen molar-refractivity contribution >= 4 is 40.5 Å². The van der Waals surface area contributed by atoms with E-state index in [9.17, 15) is 19.7 Å². The molecule has 69 heavy (non-hydrogen) atoms. The smallest absolute Gasteiger partial charge is 0.217 e. The van der Waals surface area contributed by atoms with Gasteiger partial charge in [-0.1, -0.05) is 23.5 Å². The second-order valence-electron chi connectivity index (χ2n) is 17.7. The molecule has 350 valence electrons. The minimum absolute atomic E-state index is 0.0458. The number of nitrogens with zero attached hydrogens (tertiary/aromatic N) is 13. The van der Waals surface area contributed by atoms with Crippen LogP contribution in [0.15, 0.2) is 93.4 Å². The molecule has 0 bridgehead atoms. The first-order chi connectivity index (χ1) is 33.3. The average molecular weight is 968 g/mol. The van der Waals surface area contributed by atoms with Crippen LogP contribution in [0.3, 0.4) is 0 Å². The van der Waals surface area contributed by atoms with Gasteiger partial charge >= 0.3 is 0 Å². The van der Waals surface area contributed by atoms with Gasteiger partial charge in [0.05, 0.1) is 48.0 Å². The highest BCUT2D eigenvalue weighted by atomic mass is 32.2. The number of hydrogen-bond acceptors (Lipinski definition) is 11. The Kier molecular flexibility index (Phi) is 12.5. The van der Waals surface area contributed by atoms with E-state index in [4.69, 9.17) is 15.2 Å². The molecule has 1 aliphatic carbocycles. The number of amides is 1. The number of hydrogen-bond donors (Lipinski definition) is 1. The summed E-state index contributed by atoms with van der Waals surface area (Å²) in [6, 6.07) is 13.6. The van der Waals surface area contributed by atoms with E-state index in [1.807, 2.05) is 49.3 Å². The Morgan fingerprint density at radius 2 is 1.36 bits per heavy atom. The molecule has 1 aliphatic heterocycles. The van der Waals surface area contributed by atoms with Gasteiger partial charge in [-0.15, -0.1) is 9.20 Å². The van der Waals surface area contributed by atoms with Crippen molar-refractivity contribution in [2.24, 2.45) is 0 Å². The van der Waals surface area contributed by atoms with Crippen molar-refractivity contribution in [3.05, 3.63) is 119 Å². The third-order valence-electron chi connectivity index (χ3n) is 13.2. The van der Waals surface area contributed by atoms with Gasteiger partial charge in [0.2, 0.25) is 24.6 Å². The van der Waals surface area contributed by atoms with Crippen molar-refractivity contribution in [1.29, 1.82) is 10.5 Å². The van der Waals surface area contributed by atoms with Gasteiger partial charge in [-0.2, -0.15) is 30.2 Å². The maximum Gasteiger partial charge on any atom is 0.217 e. The van der Waals surface area contributed by atoms with Gasteiger partial charge < -0.3 is 10.2 Å². The molecular weight excluding hydrogens is 922 g/mol. The van der Waals surface area contributed by atoms with Gasteiger partial charge in [-0.3, -0.25) is 14.2 Å². The van der Waals surface area contributed by atoms with E-state index in [2.05, 4.69) is 44.2 Å². The fourth-order valence-electron chi connectivity index (χ4n) is 9.72. The molecule has 0 spiro atoms. The highest BCUT2D eigenvalue weighted by molar-refractivity contribution is 7.99. The number of aromatic nitrogens is 10. The van der Waals surface area contributed by atoms with Crippen molar-refractivity contribution in [3.8, 4) is 34.4 Å². The summed E-state index contributed by atoms with van der Waals surface area (Å²) in [5.41, 5.74) is 7.06. The van der Waals surface area contributed by atoms with Crippen molar-refractivity contribution < 1.29 is 22.6 Å². The van der Waals surface area contributed by atoms with Crippen molar-refractivity contribution in [3.63, 3.8) is 0 Å². The van der Waals surface area contributed by atoms with E-state index in [1.165, 1.54) is 19.2 Å². The molecule has 2 aliphatic rings. The quantitative estimate of drug-likeness (QED) is 0.0977. The van der Waals surface area contributed by atoms with Crippen LogP contribution >= 0.6 is 23.5 Å². The molecule has 0 aromatic carbocycles. The summed E-state index contributed by atoms with van der Waals surface area (Å²) in [6.45, 7) is 7.61. The van der Waals surface area contributed by atoms with Gasteiger partial charge in [-0.05, 0) is 109 Å². The van der Waals surface area contributed by atoms with E-state index < -0.39 is 17.6 Å². The first kappa shape index (κ1) is 45.8. The van der Waals surface area contributed by atoms with Crippen LogP contribution in [0.5, 0.6) is 0 Å². The fourth-order valence-corrected chi connectivity index (χ4v) is 11.7. The molecule has 2 fully saturated rings. The monoisotopic (exact) mass is 967 g/mol. The lowest BCUT2D eigenvalue weighted by Crippen LogP contribution is -2.40. The van der Waals surface area contributed by atoms with Crippen molar-refractivity contribution in [1.82, 2.24) is 53.9 Å². The largest absolute Gasteiger partial charge is 0.354 e. The number of nitrogens with one attached hydrogen (secondary N) is 1. The van der Waals surface area contributed by atoms with Gasteiger partial charge in [0.15, 0.2) is 11.6 Å². The molecule has 20 heteroatoms. The van der Waals surface area contributed by atoms with Gasteiger partial charge in [-0.25, -0.2) is 23.3 Å². The Morgan fingerprint density at radius 1 is 0.768 bits per heavy atom. The predicted octanol–water partition coefficient (Wildman–Crippen LogP) is 8.41. The van der Waals surface area contributed by atoms with Crippen molar-refractivity contribution in [2.45, 2.75) is 104 Å². The first-order valence-corrected chi connectivity index (χ1v) is 24.3. The Labute approximate surface area is 403 Å². The van der Waals surface area contributed by atoms with Crippen LogP contribution in [0.1, 0.15) is 85.7 Å². The summed E-state index contributed by atoms with van der Waals surface area (Å²) < 4.78 is 55.0. The zero-order chi connectivity index (χ0) is 48.1. The molecule has 0 atom stereocenters. The molecule has 8 aromatic rings. The van der Waals surface area contributed by atoms with Crippen molar-refractivity contribution in [2.75, 3.05) is 20.1 Å². The van der Waals surface area contributed by atoms with Crippen LogP contribution in [0.2, 0.25) is 0 Å². The number of piperidine rings is 1. The number of fused-ring (bicyclic) bond motifs is 2. The fraction of sp³-hybridized carbons (Fsp3) is 0.327. The summed E-state index contributed by atoms with van der Waals surface area (Å²) >= 11 is 1.99. The summed E-state index contributed by atoms with van der Waals surface area (Å²) in [6.07, 6.45) is 15.8. The van der Waals surface area contributed by atoms with E-state index in [-0.39, 0.29) is 46.2 Å². The lowest BCUT2D eigenvalue weighted by atomic mass is 9.91. The number of nitriles is 2. The standard InChI is InChI=1S/C49H45F3N14OS2/c1-28-39(22-57-66(28)38-13-15-61(4)16-14-38)31-17-43(46-33(19-53)21-55-63(46)25-31)68-48-41(50)10-7-36(59-48)27-62-24-34(20-54)47-44(69-49-42(51)11-12-45(52)60-49)18-32(26-64(47)62)40-23-56-65(29(40)2)37-8-5-35(6-9-37)58-30(3)67/h7,10-12,17-18,21-26,35,37-38H,5-6,8-9,13-16,27H2,1-4H3/p+1/t35-,37+. The van der Waals surface area contributed by atoms with Crippen LogP contribution in [-0.2, 0) is 11.3 Å². The normalized spacial score (nSPS) is 16.8. The van der Waals surface area contributed by atoms with E-state index in [0.717, 1.165) is 115 Å². The number of halogens is 3. The number of rotatable bonds is 11. The van der Waals surface area contributed by atoms with Crippen LogP contribution in [0.25, 0.3) is 33.3 Å². The number of pyridine rings is 4. The summed E-state index contributed by atoms with van der Waals surface area (Å²) in [5.74, 6) is -2.19. The van der Waals surface area contributed by atoms with Crippen LogP contribution in [0.4, 0.5) is 13.2 Å². The third kappa shape index (κ3) is 8.95. The van der Waals surface area contributed by atoms with E-state index in [1.54, 1.807) is 32.2 Å².